The quantitative estimate of drug-likeness (QED) is 0.0169. The Morgan fingerprint density at radius 3 is 0.828 bits per heavy atom. The average Bonchev–Trinajstić information content (AvgIpc) is 1.10. The zero-order chi connectivity index (χ0) is 72.7. The molecule has 0 aliphatic rings. The lowest BCUT2D eigenvalue weighted by molar-refractivity contribution is -0.161. The molecule has 0 rings (SSSR count). The van der Waals surface area contributed by atoms with Crippen LogP contribution in [0.1, 0.15) is 401 Å². The molecule has 99 heavy (non-hydrogen) atoms. The van der Waals surface area contributed by atoms with Crippen LogP contribution in [0.25, 0.3) is 0 Å². The summed E-state index contributed by atoms with van der Waals surface area (Å²) in [7, 11) is -9.93. The topological polar surface area (TPSA) is 237 Å². The second-order valence-electron chi connectivity index (χ2n) is 28.6. The summed E-state index contributed by atoms with van der Waals surface area (Å²) in [4.78, 5) is 73.0. The molecule has 0 radical (unpaired) electrons. The Hall–Kier alpha value is -2.46. The van der Waals surface area contributed by atoms with Gasteiger partial charge in [-0.25, -0.2) is 9.13 Å². The molecule has 0 aliphatic carbocycles. The second-order valence-corrected chi connectivity index (χ2v) is 31.5. The van der Waals surface area contributed by atoms with Gasteiger partial charge in [0.15, 0.2) is 12.2 Å². The molecule has 0 saturated carbocycles. The molecule has 0 aliphatic heterocycles. The lowest BCUT2D eigenvalue weighted by Gasteiger charge is -2.21. The van der Waals surface area contributed by atoms with Gasteiger partial charge in [0.2, 0.25) is 0 Å². The van der Waals surface area contributed by atoms with Gasteiger partial charge in [0.05, 0.1) is 26.4 Å². The summed E-state index contributed by atoms with van der Waals surface area (Å²) in [5, 5.41) is 10.6. The van der Waals surface area contributed by atoms with Crippen LogP contribution in [0.2, 0.25) is 0 Å². The molecule has 0 spiro atoms. The van der Waals surface area contributed by atoms with Crippen molar-refractivity contribution in [2.45, 2.75) is 419 Å². The van der Waals surface area contributed by atoms with Crippen molar-refractivity contribution in [2.75, 3.05) is 39.6 Å². The van der Waals surface area contributed by atoms with Crippen molar-refractivity contribution in [1.82, 2.24) is 0 Å². The SMILES string of the molecule is CCCCCC/C=C\C=C/CCCCCCCC(=O)OC[C@H](COP(=O)(O)OC[C@@H](O)COP(=O)(O)OC[C@@H](COC(=O)CCCCCCCCCCCC(C)C)OC(=O)CCCCCCCCCCCCCCC)OC(=O)CCCCCCCCCCCCCCCCCCCCC. The zero-order valence-electron chi connectivity index (χ0n) is 64.1. The smallest absolute Gasteiger partial charge is 0.462 e. The Morgan fingerprint density at radius 2 is 0.545 bits per heavy atom. The summed E-state index contributed by atoms with van der Waals surface area (Å²) in [6.45, 7) is 7.24. The molecule has 17 nitrogen and oxygen atoms in total. The Bertz CT molecular complexity index is 1990. The largest absolute Gasteiger partial charge is 0.472 e. The Balaban J connectivity index is 5.28. The average molecular weight is 1450 g/mol. The molecule has 5 atom stereocenters. The number of allylic oxidation sites excluding steroid dienone is 4. The molecular formula is C80H152O17P2. The first-order chi connectivity index (χ1) is 48.0. The van der Waals surface area contributed by atoms with Crippen LogP contribution >= 0.6 is 15.6 Å². The van der Waals surface area contributed by atoms with Crippen LogP contribution in [0.4, 0.5) is 0 Å². The van der Waals surface area contributed by atoms with Gasteiger partial charge in [-0.1, -0.05) is 348 Å². The molecule has 0 aromatic carbocycles. The maximum Gasteiger partial charge on any atom is 0.472 e. The second kappa shape index (κ2) is 72.5. The first kappa shape index (κ1) is 96.5. The van der Waals surface area contributed by atoms with E-state index in [1.165, 1.54) is 205 Å². The summed E-state index contributed by atoms with van der Waals surface area (Å²) < 4.78 is 68.6. The first-order valence-electron chi connectivity index (χ1n) is 41.0. The fourth-order valence-electron chi connectivity index (χ4n) is 11.9. The maximum atomic E-state index is 13.1. The molecule has 584 valence electrons. The lowest BCUT2D eigenvalue weighted by Crippen LogP contribution is -2.30. The number of esters is 4. The molecule has 0 saturated heterocycles. The van der Waals surface area contributed by atoms with Crippen molar-refractivity contribution in [1.29, 1.82) is 0 Å². The van der Waals surface area contributed by atoms with Gasteiger partial charge in [-0.15, -0.1) is 0 Å². The highest BCUT2D eigenvalue weighted by Crippen LogP contribution is 2.45. The van der Waals surface area contributed by atoms with Gasteiger partial charge in [-0.3, -0.25) is 37.3 Å². The van der Waals surface area contributed by atoms with Gasteiger partial charge in [-0.2, -0.15) is 0 Å². The third-order valence-electron chi connectivity index (χ3n) is 18.2. The monoisotopic (exact) mass is 1450 g/mol. The Labute approximate surface area is 605 Å². The fourth-order valence-corrected chi connectivity index (χ4v) is 13.4. The minimum Gasteiger partial charge on any atom is -0.462 e. The lowest BCUT2D eigenvalue weighted by atomic mass is 10.0. The van der Waals surface area contributed by atoms with Crippen LogP contribution < -0.4 is 0 Å². The number of hydrogen-bond acceptors (Lipinski definition) is 15. The van der Waals surface area contributed by atoms with E-state index in [9.17, 15) is 43.2 Å². The van der Waals surface area contributed by atoms with E-state index in [2.05, 4.69) is 58.9 Å². The fraction of sp³-hybridized carbons (Fsp3) is 0.900. The molecule has 3 N–H and O–H groups in total. The van der Waals surface area contributed by atoms with E-state index in [1.54, 1.807) is 0 Å². The number of phosphoric ester groups is 2. The number of carbonyl (C=O) groups is 4. The van der Waals surface area contributed by atoms with Crippen molar-refractivity contribution >= 4 is 39.5 Å². The molecule has 0 aromatic heterocycles. The highest BCUT2D eigenvalue weighted by molar-refractivity contribution is 7.47. The normalized spacial score (nSPS) is 14.0. The number of rotatable bonds is 78. The van der Waals surface area contributed by atoms with Gasteiger partial charge in [0.25, 0.3) is 0 Å². The molecule has 0 aromatic rings. The van der Waals surface area contributed by atoms with Crippen LogP contribution in [-0.2, 0) is 65.4 Å². The molecule has 0 amide bonds. The van der Waals surface area contributed by atoms with E-state index in [0.717, 1.165) is 115 Å². The molecule has 2 unspecified atom stereocenters. The number of aliphatic hydroxyl groups is 1. The van der Waals surface area contributed by atoms with Crippen molar-refractivity contribution in [2.24, 2.45) is 5.92 Å². The van der Waals surface area contributed by atoms with Crippen LogP contribution in [-0.4, -0.2) is 96.7 Å². The van der Waals surface area contributed by atoms with Gasteiger partial charge < -0.3 is 33.8 Å². The van der Waals surface area contributed by atoms with Crippen LogP contribution in [0.3, 0.4) is 0 Å². The summed E-state index contributed by atoms with van der Waals surface area (Å²) >= 11 is 0. The summed E-state index contributed by atoms with van der Waals surface area (Å²) in [5.41, 5.74) is 0. The highest BCUT2D eigenvalue weighted by Gasteiger charge is 2.30. The van der Waals surface area contributed by atoms with Crippen LogP contribution in [0.5, 0.6) is 0 Å². The van der Waals surface area contributed by atoms with E-state index >= 15 is 0 Å². The predicted molar refractivity (Wildman–Crippen MR) is 404 cm³/mol. The van der Waals surface area contributed by atoms with Gasteiger partial charge in [0, 0.05) is 25.7 Å². The van der Waals surface area contributed by atoms with Crippen LogP contribution in [0, 0.1) is 5.92 Å². The van der Waals surface area contributed by atoms with Crippen molar-refractivity contribution in [3.8, 4) is 0 Å². The van der Waals surface area contributed by atoms with E-state index < -0.39 is 97.5 Å². The molecule has 0 fully saturated rings. The van der Waals surface area contributed by atoms with Gasteiger partial charge in [0.1, 0.15) is 19.3 Å². The molecule has 0 heterocycles. The van der Waals surface area contributed by atoms with Gasteiger partial charge in [-0.05, 0) is 57.3 Å². The van der Waals surface area contributed by atoms with E-state index in [-0.39, 0.29) is 25.7 Å². The first-order valence-corrected chi connectivity index (χ1v) is 43.9. The highest BCUT2D eigenvalue weighted by atomic mass is 31.2. The Morgan fingerprint density at radius 1 is 0.313 bits per heavy atom. The van der Waals surface area contributed by atoms with Crippen molar-refractivity contribution < 1.29 is 80.2 Å². The van der Waals surface area contributed by atoms with Crippen molar-refractivity contribution in [3.05, 3.63) is 24.3 Å². The maximum absolute atomic E-state index is 13.1. The number of aliphatic hydroxyl groups excluding tert-OH is 1. The standard InChI is InChI=1S/C80H152O17P2/c1-6-9-12-15-18-21-24-27-29-30-31-32-34-37-40-45-51-56-61-66-80(85)96-75(69-90-77(82)63-58-53-48-43-38-36-33-28-25-22-19-16-13-10-7-2)71-94-98(86,87)92-67-74(81)68-93-99(88,89)95-72-76(70-91-78(83)64-59-54-49-46-41-42-47-52-57-62-73(4)5)97-79(84)65-60-55-50-44-39-35-26-23-20-17-14-11-8-3/h22,25,28,33,73-76,81H,6-21,23-24,26-27,29-32,34-72H2,1-5H3,(H,86,87)(H,88,89)/b25-22-,33-28-/t74-,75-,76-/m1/s1. The van der Waals surface area contributed by atoms with Crippen molar-refractivity contribution in [3.63, 3.8) is 0 Å². The predicted octanol–water partition coefficient (Wildman–Crippen LogP) is 23.6. The zero-order valence-corrected chi connectivity index (χ0v) is 65.9. The van der Waals surface area contributed by atoms with E-state index in [0.29, 0.717) is 25.7 Å². The number of hydrogen-bond donors (Lipinski definition) is 3. The minimum absolute atomic E-state index is 0.102. The Kier molecular flexibility index (Phi) is 70.7. The third-order valence-corrected chi connectivity index (χ3v) is 20.1. The molecule has 0 bridgehead atoms. The number of phosphoric acid groups is 2. The van der Waals surface area contributed by atoms with E-state index in [4.69, 9.17) is 37.0 Å². The van der Waals surface area contributed by atoms with Crippen LogP contribution in [0.15, 0.2) is 24.3 Å². The van der Waals surface area contributed by atoms with E-state index in [1.807, 2.05) is 0 Å². The number of carbonyl (C=O) groups excluding carboxylic acids is 4. The number of unbranched alkanes of at least 4 members (excludes halogenated alkanes) is 47. The minimum atomic E-state index is -4.97. The summed E-state index contributed by atoms with van der Waals surface area (Å²) in [6.07, 6.45) is 66.0. The molecular weight excluding hydrogens is 1290 g/mol. The third kappa shape index (κ3) is 73.6. The summed E-state index contributed by atoms with van der Waals surface area (Å²) in [5.74, 6) is -1.40. The number of ether oxygens (including phenoxy) is 4. The van der Waals surface area contributed by atoms with Gasteiger partial charge >= 0.3 is 39.5 Å². The molecule has 19 heteroatoms. The summed E-state index contributed by atoms with van der Waals surface area (Å²) in [6, 6.07) is 0.